The number of hydrogen-bond donors (Lipinski definition) is 1. The summed E-state index contributed by atoms with van der Waals surface area (Å²) in [5.74, 6) is 0.185. The van der Waals surface area contributed by atoms with E-state index in [9.17, 15) is 13.0 Å². The highest BCUT2D eigenvalue weighted by atomic mass is 35.5. The number of allylic oxidation sites excluding steroid dienone is 2. The molecule has 0 saturated heterocycles. The fourth-order valence-electron chi connectivity index (χ4n) is 4.47. The third kappa shape index (κ3) is 4.91. The van der Waals surface area contributed by atoms with Gasteiger partial charge in [-0.05, 0) is 53.8 Å². The highest BCUT2D eigenvalue weighted by Crippen LogP contribution is 2.47. The maximum absolute atomic E-state index is 11.8. The van der Waals surface area contributed by atoms with Gasteiger partial charge in [0.2, 0.25) is 5.58 Å². The largest absolute Gasteiger partial charge is 0.398 e. The first-order chi connectivity index (χ1) is 17.3. The minimum atomic E-state index is -4.26. The molecule has 0 radical (unpaired) electrons. The van der Waals surface area contributed by atoms with Crippen LogP contribution in [0.1, 0.15) is 32.6 Å². The van der Waals surface area contributed by atoms with Crippen LogP contribution in [-0.2, 0) is 16.7 Å². The molecule has 0 bridgehead atoms. The summed E-state index contributed by atoms with van der Waals surface area (Å²) in [6.45, 7) is 4.98. The molecule has 36 heavy (non-hydrogen) atoms. The Bertz CT molecular complexity index is 1640. The normalized spacial score (nSPS) is 15.4. The molecule has 2 heterocycles. The van der Waals surface area contributed by atoms with Gasteiger partial charge in [-0.1, -0.05) is 61.5 Å². The van der Waals surface area contributed by atoms with Crippen molar-refractivity contribution in [2.75, 3.05) is 10.8 Å². The molecule has 0 unspecified atom stereocenters. The zero-order valence-corrected chi connectivity index (χ0v) is 22.3. The van der Waals surface area contributed by atoms with Crippen LogP contribution in [0.3, 0.4) is 0 Å². The van der Waals surface area contributed by atoms with Crippen molar-refractivity contribution in [1.29, 1.82) is 0 Å². The molecular formula is C27H26ClN2O4S2+. The minimum absolute atomic E-state index is 0.498. The quantitative estimate of drug-likeness (QED) is 0.200. The Morgan fingerprint density at radius 3 is 2.72 bits per heavy atom. The van der Waals surface area contributed by atoms with E-state index in [0.717, 1.165) is 51.2 Å². The lowest BCUT2D eigenvalue weighted by Crippen LogP contribution is -2.35. The van der Waals surface area contributed by atoms with E-state index in [-0.39, 0.29) is 0 Å². The van der Waals surface area contributed by atoms with Gasteiger partial charge in [0, 0.05) is 16.3 Å². The Hall–Kier alpha value is -2.78. The average Bonchev–Trinajstić information content (AvgIpc) is 3.35. The van der Waals surface area contributed by atoms with Crippen molar-refractivity contribution in [1.82, 2.24) is 0 Å². The molecule has 0 amide bonds. The summed E-state index contributed by atoms with van der Waals surface area (Å²) in [6.07, 6.45) is 5.61. The first-order valence-corrected chi connectivity index (χ1v) is 14.5. The molecule has 0 spiro atoms. The zero-order valence-electron chi connectivity index (χ0n) is 19.9. The maximum Gasteiger partial charge on any atom is 0.374 e. The number of thioether (sulfide) groups is 1. The number of halogens is 1. The highest BCUT2D eigenvalue weighted by molar-refractivity contribution is 8.03. The molecule has 1 aliphatic heterocycles. The van der Waals surface area contributed by atoms with Crippen molar-refractivity contribution in [2.24, 2.45) is 0 Å². The van der Waals surface area contributed by atoms with Gasteiger partial charge < -0.3 is 9.32 Å². The highest BCUT2D eigenvalue weighted by Gasteiger charge is 2.29. The molecule has 0 aliphatic carbocycles. The lowest BCUT2D eigenvalue weighted by Gasteiger charge is -2.19. The van der Waals surface area contributed by atoms with Gasteiger partial charge in [-0.2, -0.15) is 13.0 Å². The van der Waals surface area contributed by atoms with E-state index < -0.39 is 16.0 Å². The van der Waals surface area contributed by atoms with Gasteiger partial charge in [0.25, 0.3) is 15.6 Å². The summed E-state index contributed by atoms with van der Waals surface area (Å²) in [4.78, 5) is 2.46. The molecule has 1 aliphatic rings. The van der Waals surface area contributed by atoms with Gasteiger partial charge >= 0.3 is 5.89 Å². The number of benzene rings is 3. The van der Waals surface area contributed by atoms with Gasteiger partial charge in [0.15, 0.2) is 12.4 Å². The molecule has 0 saturated carbocycles. The van der Waals surface area contributed by atoms with Gasteiger partial charge in [0.1, 0.15) is 0 Å². The average molecular weight is 542 g/mol. The molecular weight excluding hydrogens is 516 g/mol. The number of anilines is 1. The van der Waals surface area contributed by atoms with Crippen LogP contribution < -0.4 is 9.47 Å². The molecule has 9 heteroatoms. The van der Waals surface area contributed by atoms with Gasteiger partial charge in [-0.15, -0.1) is 0 Å². The summed E-state index contributed by atoms with van der Waals surface area (Å²) in [5, 5.41) is 3.49. The second kappa shape index (κ2) is 9.94. The Labute approximate surface area is 219 Å². The lowest BCUT2D eigenvalue weighted by molar-refractivity contribution is -0.677. The van der Waals surface area contributed by atoms with E-state index in [1.165, 1.54) is 11.8 Å². The van der Waals surface area contributed by atoms with Crippen molar-refractivity contribution < 1.29 is 22.0 Å². The molecule has 186 valence electrons. The maximum atomic E-state index is 11.8. The summed E-state index contributed by atoms with van der Waals surface area (Å²) >= 11 is 7.63. The Kier molecular flexibility index (Phi) is 6.87. The van der Waals surface area contributed by atoms with E-state index in [1.807, 2.05) is 43.3 Å². The summed E-state index contributed by atoms with van der Waals surface area (Å²) in [5.41, 5.74) is 3.50. The van der Waals surface area contributed by atoms with Gasteiger partial charge in [-0.3, -0.25) is 4.55 Å². The van der Waals surface area contributed by atoms with Crippen LogP contribution in [0.4, 0.5) is 5.69 Å². The third-order valence-electron chi connectivity index (χ3n) is 6.07. The minimum Gasteiger partial charge on any atom is -0.398 e. The van der Waals surface area contributed by atoms with Crippen LogP contribution in [0, 0.1) is 0 Å². The van der Waals surface area contributed by atoms with Crippen molar-refractivity contribution in [2.45, 2.75) is 38.1 Å². The van der Waals surface area contributed by atoms with Gasteiger partial charge in [-0.25, -0.2) is 0 Å². The fraction of sp³-hybridized carbons (Fsp3) is 0.222. The molecule has 0 atom stereocenters. The lowest BCUT2D eigenvalue weighted by atomic mass is 10.1. The van der Waals surface area contributed by atoms with Crippen LogP contribution in [0.2, 0.25) is 5.02 Å². The smallest absolute Gasteiger partial charge is 0.374 e. The zero-order chi connectivity index (χ0) is 25.4. The molecule has 5 rings (SSSR count). The van der Waals surface area contributed by atoms with E-state index >= 15 is 0 Å². The van der Waals surface area contributed by atoms with Crippen molar-refractivity contribution in [3.63, 3.8) is 0 Å². The monoisotopic (exact) mass is 541 g/mol. The molecule has 1 N–H and O–H groups in total. The van der Waals surface area contributed by atoms with Crippen LogP contribution in [0.5, 0.6) is 0 Å². The number of aromatic nitrogens is 1. The van der Waals surface area contributed by atoms with Crippen LogP contribution in [0.15, 0.2) is 80.6 Å². The third-order valence-corrected chi connectivity index (χ3v) is 8.00. The van der Waals surface area contributed by atoms with Crippen LogP contribution >= 0.6 is 23.4 Å². The summed E-state index contributed by atoms with van der Waals surface area (Å²) < 4.78 is 41.8. The van der Waals surface area contributed by atoms with Gasteiger partial charge in [0.05, 0.1) is 22.2 Å². The molecule has 4 aromatic rings. The number of nitrogens with zero attached hydrogens (tertiary/aromatic N) is 2. The molecule has 1 aromatic heterocycles. The standard InChI is InChI=1S/C27H25ClN2O4S2/c1-3-13-29-25(34-23-11-9-19-7-5-6-8-21(19)27(23)29)14-18(4-2)15-26-30(17-36(31,32)33)22-16-20(28)10-12-24(22)35-26/h5-12,14-16H,3-4,13,17H2,1-2H3/p+1. The SMILES string of the molecule is CCC[n+]1c(C=C(C=C2Sc3ccc(Cl)cc3N2CS(=O)(=O)O)CC)oc2ccc3ccccc3c21. The number of oxazole rings is 1. The number of aryl methyl sites for hydroxylation is 1. The Morgan fingerprint density at radius 2 is 1.97 bits per heavy atom. The second-order valence-electron chi connectivity index (χ2n) is 8.63. The molecule has 3 aromatic carbocycles. The van der Waals surface area contributed by atoms with E-state index in [1.54, 1.807) is 17.0 Å². The van der Waals surface area contributed by atoms with Crippen molar-refractivity contribution >= 4 is 67.1 Å². The van der Waals surface area contributed by atoms with E-state index in [0.29, 0.717) is 22.2 Å². The first-order valence-electron chi connectivity index (χ1n) is 11.7. The first kappa shape index (κ1) is 24.9. The van der Waals surface area contributed by atoms with Crippen molar-refractivity contribution in [3.8, 4) is 0 Å². The predicted octanol–water partition coefficient (Wildman–Crippen LogP) is 7.03. The summed E-state index contributed by atoms with van der Waals surface area (Å²) in [6, 6.07) is 17.7. The molecule has 0 fully saturated rings. The Balaban J connectivity index is 1.62. The second-order valence-corrected chi connectivity index (χ2v) is 11.6. The topological polar surface area (TPSA) is 74.6 Å². The van der Waals surface area contributed by atoms with Crippen molar-refractivity contribution in [3.05, 3.63) is 82.2 Å². The number of hydrogen-bond acceptors (Lipinski definition) is 5. The predicted molar refractivity (Wildman–Crippen MR) is 147 cm³/mol. The molecule has 6 nitrogen and oxygen atoms in total. The van der Waals surface area contributed by atoms with E-state index in [2.05, 4.69) is 29.7 Å². The number of fused-ring (bicyclic) bond motifs is 4. The van der Waals surface area contributed by atoms with Crippen LogP contribution in [-0.4, -0.2) is 18.8 Å². The fourth-order valence-corrected chi connectivity index (χ4v) is 6.44. The Morgan fingerprint density at radius 1 is 1.17 bits per heavy atom. The number of rotatable bonds is 7. The van der Waals surface area contributed by atoms with Crippen LogP contribution in [0.25, 0.3) is 27.9 Å². The van der Waals surface area contributed by atoms with E-state index in [4.69, 9.17) is 16.0 Å². The summed E-state index contributed by atoms with van der Waals surface area (Å²) in [7, 11) is -4.26.